The van der Waals surface area contributed by atoms with Crippen molar-refractivity contribution in [2.24, 2.45) is 0 Å². The van der Waals surface area contributed by atoms with E-state index >= 15 is 0 Å². The van der Waals surface area contributed by atoms with Crippen LogP contribution in [0.3, 0.4) is 0 Å². The molecule has 0 fully saturated rings. The zero-order valence-corrected chi connectivity index (χ0v) is 17.6. The molecular formula is C29H27N. The van der Waals surface area contributed by atoms with Gasteiger partial charge in [0.2, 0.25) is 0 Å². The lowest BCUT2D eigenvalue weighted by atomic mass is 9.84. The topological polar surface area (TPSA) is 3.24 Å². The highest BCUT2D eigenvalue weighted by atomic mass is 15.0. The van der Waals surface area contributed by atoms with Gasteiger partial charge in [0.25, 0.3) is 0 Å². The highest BCUT2D eigenvalue weighted by molar-refractivity contribution is 6.05. The molecule has 0 aliphatic heterocycles. The van der Waals surface area contributed by atoms with Crippen molar-refractivity contribution in [3.8, 4) is 0 Å². The van der Waals surface area contributed by atoms with Gasteiger partial charge in [0.1, 0.15) is 0 Å². The molecule has 0 radical (unpaired) electrons. The van der Waals surface area contributed by atoms with E-state index in [1.54, 1.807) is 0 Å². The van der Waals surface area contributed by atoms with E-state index in [2.05, 4.69) is 134 Å². The van der Waals surface area contributed by atoms with Gasteiger partial charge in [-0.3, -0.25) is 0 Å². The van der Waals surface area contributed by atoms with Crippen LogP contribution in [0.4, 0.5) is 0 Å². The molecule has 1 nitrogen and oxygen atoms in total. The molecule has 0 aliphatic rings. The maximum absolute atomic E-state index is 2.26. The van der Waals surface area contributed by atoms with Crippen LogP contribution in [0, 0.1) is 0 Å². The third-order valence-corrected chi connectivity index (χ3v) is 5.21. The maximum Gasteiger partial charge on any atom is 0.0233 e. The largest absolute Gasteiger partial charge is 0.305 e. The lowest BCUT2D eigenvalue weighted by Gasteiger charge is -2.21. The van der Waals surface area contributed by atoms with Gasteiger partial charge in [0, 0.05) is 6.54 Å². The van der Waals surface area contributed by atoms with Gasteiger partial charge in [0.05, 0.1) is 0 Å². The zero-order valence-electron chi connectivity index (χ0n) is 17.6. The van der Waals surface area contributed by atoms with Crippen molar-refractivity contribution in [3.05, 3.63) is 143 Å². The molecule has 0 amide bonds. The van der Waals surface area contributed by atoms with Gasteiger partial charge >= 0.3 is 0 Å². The summed E-state index contributed by atoms with van der Waals surface area (Å²) in [6.45, 7) is 0.892. The summed E-state index contributed by atoms with van der Waals surface area (Å²) in [4.78, 5) is 2.23. The Kier molecular flexibility index (Phi) is 6.22. The fraction of sp³-hybridized carbons (Fsp3) is 0.103. The van der Waals surface area contributed by atoms with Crippen molar-refractivity contribution in [3.63, 3.8) is 0 Å². The standard InChI is InChI=1S/C29H27N/c1-30(2)22-26-20-12-13-21-27(26)29(25-18-10-5-11-19-25)28(23-14-6-3-7-15-23)24-16-8-4-9-17-24/h3-21H,22H2,1-2H3. The molecule has 0 bridgehead atoms. The smallest absolute Gasteiger partial charge is 0.0233 e. The van der Waals surface area contributed by atoms with Crippen LogP contribution in [0.5, 0.6) is 0 Å². The van der Waals surface area contributed by atoms with Gasteiger partial charge < -0.3 is 4.90 Å². The van der Waals surface area contributed by atoms with Crippen LogP contribution in [-0.4, -0.2) is 19.0 Å². The third-order valence-electron chi connectivity index (χ3n) is 5.21. The Morgan fingerprint density at radius 3 is 1.37 bits per heavy atom. The molecule has 0 aliphatic carbocycles. The number of benzene rings is 4. The van der Waals surface area contributed by atoms with E-state index in [4.69, 9.17) is 0 Å². The fourth-order valence-corrected chi connectivity index (χ4v) is 3.95. The first-order chi connectivity index (χ1) is 14.7. The van der Waals surface area contributed by atoms with Gasteiger partial charge in [-0.15, -0.1) is 0 Å². The summed E-state index contributed by atoms with van der Waals surface area (Å²) >= 11 is 0. The highest BCUT2D eigenvalue weighted by Crippen LogP contribution is 2.38. The molecule has 4 aromatic rings. The van der Waals surface area contributed by atoms with Crippen molar-refractivity contribution in [2.75, 3.05) is 14.1 Å². The van der Waals surface area contributed by atoms with Crippen LogP contribution in [0.1, 0.15) is 27.8 Å². The van der Waals surface area contributed by atoms with Crippen molar-refractivity contribution in [2.45, 2.75) is 6.54 Å². The molecule has 0 unspecified atom stereocenters. The van der Waals surface area contributed by atoms with Crippen LogP contribution in [-0.2, 0) is 6.54 Å². The van der Waals surface area contributed by atoms with E-state index in [9.17, 15) is 0 Å². The van der Waals surface area contributed by atoms with Crippen molar-refractivity contribution < 1.29 is 0 Å². The Bertz CT molecular complexity index is 1070. The number of nitrogens with zero attached hydrogens (tertiary/aromatic N) is 1. The molecule has 148 valence electrons. The maximum atomic E-state index is 2.26. The minimum absolute atomic E-state index is 0.892. The Balaban J connectivity index is 2.10. The van der Waals surface area contributed by atoms with E-state index in [1.165, 1.54) is 39.0 Å². The molecule has 0 N–H and O–H groups in total. The fourth-order valence-electron chi connectivity index (χ4n) is 3.95. The summed E-state index contributed by atoms with van der Waals surface area (Å²) < 4.78 is 0. The Morgan fingerprint density at radius 2 is 0.900 bits per heavy atom. The normalized spacial score (nSPS) is 10.8. The Labute approximate surface area is 179 Å². The molecule has 0 saturated heterocycles. The minimum atomic E-state index is 0.892. The molecule has 1 heteroatoms. The van der Waals surface area contributed by atoms with Crippen LogP contribution in [0.25, 0.3) is 11.1 Å². The van der Waals surface area contributed by atoms with Crippen LogP contribution in [0.2, 0.25) is 0 Å². The summed E-state index contributed by atoms with van der Waals surface area (Å²) in [7, 11) is 4.25. The Morgan fingerprint density at radius 1 is 0.500 bits per heavy atom. The first kappa shape index (κ1) is 19.9. The minimum Gasteiger partial charge on any atom is -0.305 e. The van der Waals surface area contributed by atoms with Crippen molar-refractivity contribution in [1.82, 2.24) is 4.90 Å². The van der Waals surface area contributed by atoms with E-state index in [-0.39, 0.29) is 0 Å². The molecule has 0 atom stereocenters. The monoisotopic (exact) mass is 389 g/mol. The second-order valence-corrected chi connectivity index (χ2v) is 7.74. The molecule has 0 heterocycles. The second-order valence-electron chi connectivity index (χ2n) is 7.74. The van der Waals surface area contributed by atoms with Gasteiger partial charge in [-0.2, -0.15) is 0 Å². The second kappa shape index (κ2) is 9.39. The average molecular weight is 390 g/mol. The van der Waals surface area contributed by atoms with Crippen molar-refractivity contribution in [1.29, 1.82) is 0 Å². The summed E-state index contributed by atoms with van der Waals surface area (Å²) in [5, 5.41) is 0. The molecule has 0 aromatic heterocycles. The molecular weight excluding hydrogens is 362 g/mol. The lowest BCUT2D eigenvalue weighted by molar-refractivity contribution is 0.402. The predicted octanol–water partition coefficient (Wildman–Crippen LogP) is 6.76. The highest BCUT2D eigenvalue weighted by Gasteiger charge is 2.18. The van der Waals surface area contributed by atoms with E-state index in [1.807, 2.05) is 0 Å². The number of hydrogen-bond acceptors (Lipinski definition) is 1. The first-order valence-corrected chi connectivity index (χ1v) is 10.4. The molecule has 4 rings (SSSR count). The van der Waals surface area contributed by atoms with E-state index in [0.717, 1.165) is 6.54 Å². The van der Waals surface area contributed by atoms with Gasteiger partial charge in [-0.25, -0.2) is 0 Å². The van der Waals surface area contributed by atoms with Crippen LogP contribution in [0.15, 0.2) is 115 Å². The van der Waals surface area contributed by atoms with E-state index < -0.39 is 0 Å². The van der Waals surface area contributed by atoms with Crippen LogP contribution < -0.4 is 0 Å². The number of rotatable bonds is 6. The first-order valence-electron chi connectivity index (χ1n) is 10.4. The zero-order chi connectivity index (χ0) is 20.8. The summed E-state index contributed by atoms with van der Waals surface area (Å²) in [6, 6.07) is 41.0. The Hall–Kier alpha value is -3.42. The van der Waals surface area contributed by atoms with Gasteiger partial charge in [0.15, 0.2) is 0 Å². The SMILES string of the molecule is CN(C)Cc1ccccc1C(=C(c1ccccc1)c1ccccc1)c1ccccc1. The molecule has 30 heavy (non-hydrogen) atoms. The summed E-state index contributed by atoms with van der Waals surface area (Å²) in [5.74, 6) is 0. The lowest BCUT2D eigenvalue weighted by Crippen LogP contribution is -2.12. The summed E-state index contributed by atoms with van der Waals surface area (Å²) in [6.07, 6.45) is 0. The summed E-state index contributed by atoms with van der Waals surface area (Å²) in [5.41, 5.74) is 8.81. The van der Waals surface area contributed by atoms with E-state index in [0.29, 0.717) is 0 Å². The average Bonchev–Trinajstić information content (AvgIpc) is 2.79. The predicted molar refractivity (Wildman–Crippen MR) is 128 cm³/mol. The molecule has 0 saturated carbocycles. The molecule has 4 aromatic carbocycles. The van der Waals surface area contributed by atoms with Gasteiger partial charge in [-0.1, -0.05) is 115 Å². The van der Waals surface area contributed by atoms with Crippen molar-refractivity contribution >= 4 is 11.1 Å². The third kappa shape index (κ3) is 4.42. The quantitative estimate of drug-likeness (QED) is 0.329. The van der Waals surface area contributed by atoms with Gasteiger partial charge in [-0.05, 0) is 53.1 Å². The number of hydrogen-bond donors (Lipinski definition) is 0. The molecule has 0 spiro atoms. The van der Waals surface area contributed by atoms with Crippen LogP contribution >= 0.6 is 0 Å².